The summed E-state index contributed by atoms with van der Waals surface area (Å²) in [6, 6.07) is 6.85. The molecule has 0 radical (unpaired) electrons. The van der Waals surface area contributed by atoms with Crippen LogP contribution in [0, 0.1) is 6.92 Å². The highest BCUT2D eigenvalue weighted by Gasteiger charge is 2.27. The summed E-state index contributed by atoms with van der Waals surface area (Å²) in [5, 5.41) is 3.23. The zero-order valence-electron chi connectivity index (χ0n) is 13.8. The first kappa shape index (κ1) is 17.2. The molecular weight excluding hydrogens is 342 g/mol. The number of hydrogen-bond acceptors (Lipinski definition) is 5. The van der Waals surface area contributed by atoms with Crippen LogP contribution in [0.15, 0.2) is 36.7 Å². The summed E-state index contributed by atoms with van der Waals surface area (Å²) in [5.74, 6) is -0.548. The Morgan fingerprint density at radius 1 is 1.12 bits per heavy atom. The number of hydrogen-bond donors (Lipinski definition) is 1. The van der Waals surface area contributed by atoms with Gasteiger partial charge in [0.25, 0.3) is 0 Å². The number of anilines is 2. The highest BCUT2D eigenvalue weighted by molar-refractivity contribution is 6.39. The number of rotatable bonds is 2. The molecule has 25 heavy (non-hydrogen) atoms. The number of amides is 2. The first-order valence-electron chi connectivity index (χ1n) is 7.93. The fourth-order valence-corrected chi connectivity index (χ4v) is 2.88. The Kier molecular flexibility index (Phi) is 5.14. The molecule has 0 bridgehead atoms. The molecule has 1 aromatic heterocycles. The lowest BCUT2D eigenvalue weighted by molar-refractivity contribution is -0.143. The van der Waals surface area contributed by atoms with Crippen molar-refractivity contribution in [2.75, 3.05) is 36.4 Å². The molecule has 2 amide bonds. The molecule has 0 atom stereocenters. The van der Waals surface area contributed by atoms with Crippen molar-refractivity contribution < 1.29 is 9.59 Å². The Balaban J connectivity index is 1.57. The molecule has 2 aromatic rings. The number of nitrogens with zero attached hydrogens (tertiary/aromatic N) is 4. The number of carbonyl (C=O) groups excluding carboxylic acids is 2. The summed E-state index contributed by atoms with van der Waals surface area (Å²) in [6.07, 6.45) is 3.36. The van der Waals surface area contributed by atoms with Crippen LogP contribution in [0.3, 0.4) is 0 Å². The molecule has 0 unspecified atom stereocenters. The predicted molar refractivity (Wildman–Crippen MR) is 95.6 cm³/mol. The van der Waals surface area contributed by atoms with Gasteiger partial charge in [-0.2, -0.15) is 0 Å². The Bertz CT molecular complexity index is 776. The molecule has 1 fully saturated rings. The van der Waals surface area contributed by atoms with Crippen molar-refractivity contribution in [3.05, 3.63) is 47.2 Å². The molecule has 1 N–H and O–H groups in total. The Morgan fingerprint density at radius 3 is 2.44 bits per heavy atom. The maximum atomic E-state index is 12.4. The second-order valence-corrected chi connectivity index (χ2v) is 6.18. The van der Waals surface area contributed by atoms with Crippen molar-refractivity contribution >= 4 is 35.1 Å². The van der Waals surface area contributed by atoms with E-state index in [1.54, 1.807) is 41.6 Å². The smallest absolute Gasteiger partial charge is 0.313 e. The third-order valence-corrected chi connectivity index (χ3v) is 4.27. The Morgan fingerprint density at radius 2 is 1.80 bits per heavy atom. The number of carbonyl (C=O) groups is 2. The first-order chi connectivity index (χ1) is 12.0. The van der Waals surface area contributed by atoms with Crippen LogP contribution in [0.4, 0.5) is 11.6 Å². The lowest BCUT2D eigenvalue weighted by Crippen LogP contribution is -2.52. The fraction of sp³-hybridized carbons (Fsp3) is 0.294. The van der Waals surface area contributed by atoms with Gasteiger partial charge in [0.15, 0.2) is 0 Å². The van der Waals surface area contributed by atoms with Gasteiger partial charge in [0.1, 0.15) is 0 Å². The van der Waals surface area contributed by atoms with E-state index in [1.807, 2.05) is 11.8 Å². The average molecular weight is 360 g/mol. The van der Waals surface area contributed by atoms with Gasteiger partial charge in [-0.05, 0) is 36.8 Å². The minimum Gasteiger partial charge on any atom is -0.337 e. The maximum absolute atomic E-state index is 12.4. The van der Waals surface area contributed by atoms with Crippen LogP contribution in [-0.2, 0) is 9.59 Å². The van der Waals surface area contributed by atoms with E-state index in [4.69, 9.17) is 11.6 Å². The second kappa shape index (κ2) is 7.48. The van der Waals surface area contributed by atoms with E-state index >= 15 is 0 Å². The number of nitrogens with one attached hydrogen (secondary N) is 1. The molecule has 3 rings (SSSR count). The number of halogens is 1. The first-order valence-corrected chi connectivity index (χ1v) is 8.31. The van der Waals surface area contributed by atoms with E-state index in [0.717, 1.165) is 5.56 Å². The minimum atomic E-state index is -0.644. The van der Waals surface area contributed by atoms with E-state index in [2.05, 4.69) is 15.3 Å². The SMILES string of the molecule is Cc1cc(Cl)ccc1NC(=O)C(=O)N1CCN(c2ncccn2)CC1. The van der Waals surface area contributed by atoms with E-state index in [0.29, 0.717) is 42.8 Å². The Hall–Kier alpha value is -2.67. The van der Waals surface area contributed by atoms with Crippen molar-refractivity contribution in [3.63, 3.8) is 0 Å². The molecule has 1 aliphatic heterocycles. The van der Waals surface area contributed by atoms with Crippen molar-refractivity contribution in [3.8, 4) is 0 Å². The summed E-state index contributed by atoms with van der Waals surface area (Å²) in [7, 11) is 0. The van der Waals surface area contributed by atoms with Crippen LogP contribution in [0.5, 0.6) is 0 Å². The summed E-state index contributed by atoms with van der Waals surface area (Å²) >= 11 is 5.90. The van der Waals surface area contributed by atoms with Crippen molar-refractivity contribution in [2.45, 2.75) is 6.92 Å². The zero-order valence-corrected chi connectivity index (χ0v) is 14.5. The predicted octanol–water partition coefficient (Wildman–Crippen LogP) is 1.73. The normalized spacial score (nSPS) is 14.3. The highest BCUT2D eigenvalue weighted by Crippen LogP contribution is 2.19. The lowest BCUT2D eigenvalue weighted by Gasteiger charge is -2.34. The zero-order chi connectivity index (χ0) is 17.8. The average Bonchev–Trinajstić information content (AvgIpc) is 2.64. The van der Waals surface area contributed by atoms with Gasteiger partial charge in [-0.25, -0.2) is 9.97 Å². The lowest BCUT2D eigenvalue weighted by atomic mass is 10.2. The van der Waals surface area contributed by atoms with E-state index < -0.39 is 11.8 Å². The van der Waals surface area contributed by atoms with Gasteiger partial charge >= 0.3 is 11.8 Å². The van der Waals surface area contributed by atoms with Gasteiger partial charge in [-0.1, -0.05) is 11.6 Å². The molecule has 130 valence electrons. The molecule has 0 saturated carbocycles. The molecule has 0 spiro atoms. The largest absolute Gasteiger partial charge is 0.337 e. The van der Waals surface area contributed by atoms with E-state index in [-0.39, 0.29) is 0 Å². The number of aryl methyl sites for hydroxylation is 1. The maximum Gasteiger partial charge on any atom is 0.313 e. The van der Waals surface area contributed by atoms with E-state index in [1.165, 1.54) is 0 Å². The van der Waals surface area contributed by atoms with Gasteiger partial charge in [0, 0.05) is 49.3 Å². The second-order valence-electron chi connectivity index (χ2n) is 5.74. The van der Waals surface area contributed by atoms with Crippen LogP contribution >= 0.6 is 11.6 Å². The number of benzene rings is 1. The molecule has 0 aliphatic carbocycles. The summed E-state index contributed by atoms with van der Waals surface area (Å²) < 4.78 is 0. The van der Waals surface area contributed by atoms with Crippen LogP contribution in [-0.4, -0.2) is 52.9 Å². The summed E-state index contributed by atoms with van der Waals surface area (Å²) in [4.78, 5) is 36.5. The molecule has 1 saturated heterocycles. The van der Waals surface area contributed by atoms with Gasteiger partial charge in [0.2, 0.25) is 5.95 Å². The van der Waals surface area contributed by atoms with Gasteiger partial charge in [-0.3, -0.25) is 9.59 Å². The molecular formula is C17H18ClN5O2. The van der Waals surface area contributed by atoms with E-state index in [9.17, 15) is 9.59 Å². The summed E-state index contributed by atoms with van der Waals surface area (Å²) in [6.45, 7) is 3.89. The Labute approximate surface area is 150 Å². The van der Waals surface area contributed by atoms with Crippen LogP contribution < -0.4 is 10.2 Å². The standard InChI is InChI=1S/C17H18ClN5O2/c1-12-11-13(18)3-4-14(12)21-15(24)16(25)22-7-9-23(10-8-22)17-19-5-2-6-20-17/h2-6,11H,7-10H2,1H3,(H,21,24). The van der Waals surface area contributed by atoms with Gasteiger partial charge < -0.3 is 15.1 Å². The van der Waals surface area contributed by atoms with Gasteiger partial charge in [-0.15, -0.1) is 0 Å². The summed E-state index contributed by atoms with van der Waals surface area (Å²) in [5.41, 5.74) is 1.39. The quantitative estimate of drug-likeness (QED) is 0.826. The third-order valence-electron chi connectivity index (χ3n) is 4.03. The van der Waals surface area contributed by atoms with Crippen LogP contribution in [0.1, 0.15) is 5.56 Å². The molecule has 8 heteroatoms. The molecule has 1 aliphatic rings. The molecule has 1 aromatic carbocycles. The third kappa shape index (κ3) is 4.06. The topological polar surface area (TPSA) is 78.4 Å². The van der Waals surface area contributed by atoms with Crippen molar-refractivity contribution in [1.82, 2.24) is 14.9 Å². The van der Waals surface area contributed by atoms with Gasteiger partial charge in [0.05, 0.1) is 0 Å². The molecule has 7 nitrogen and oxygen atoms in total. The minimum absolute atomic E-state index is 0.449. The fourth-order valence-electron chi connectivity index (χ4n) is 2.65. The number of piperazine rings is 1. The van der Waals surface area contributed by atoms with Crippen LogP contribution in [0.2, 0.25) is 5.02 Å². The van der Waals surface area contributed by atoms with Crippen LogP contribution in [0.25, 0.3) is 0 Å². The highest BCUT2D eigenvalue weighted by atomic mass is 35.5. The van der Waals surface area contributed by atoms with Crippen molar-refractivity contribution in [2.24, 2.45) is 0 Å². The number of aromatic nitrogens is 2. The monoisotopic (exact) mass is 359 g/mol. The van der Waals surface area contributed by atoms with Crippen molar-refractivity contribution in [1.29, 1.82) is 0 Å². The molecule has 2 heterocycles.